The summed E-state index contributed by atoms with van der Waals surface area (Å²) >= 11 is 1.30. The fourth-order valence-electron chi connectivity index (χ4n) is 3.74. The molecule has 9 heteroatoms. The lowest BCUT2D eigenvalue weighted by Crippen LogP contribution is -2.42. The maximum Gasteiger partial charge on any atom is 0.255 e. The molecule has 3 aromatic rings. The van der Waals surface area contributed by atoms with Crippen LogP contribution in [0.25, 0.3) is 11.3 Å². The van der Waals surface area contributed by atoms with E-state index in [1.165, 1.54) is 11.3 Å². The highest BCUT2D eigenvalue weighted by atomic mass is 32.1. The number of aromatic nitrogens is 2. The third kappa shape index (κ3) is 3.79. The van der Waals surface area contributed by atoms with Crippen molar-refractivity contribution < 1.29 is 14.4 Å². The third-order valence-electron chi connectivity index (χ3n) is 5.32. The van der Waals surface area contributed by atoms with E-state index in [2.05, 4.69) is 20.6 Å². The molecule has 1 atom stereocenters. The molecule has 1 aromatic carbocycles. The lowest BCUT2D eigenvalue weighted by atomic mass is 10.0. The number of carbonyl (C=O) groups excluding carboxylic acids is 3. The molecule has 8 nitrogen and oxygen atoms in total. The van der Waals surface area contributed by atoms with Crippen LogP contribution in [0.3, 0.4) is 0 Å². The second kappa shape index (κ2) is 7.92. The highest BCUT2D eigenvalue weighted by Crippen LogP contribution is 2.41. The van der Waals surface area contributed by atoms with Gasteiger partial charge in [-0.1, -0.05) is 18.2 Å². The smallest absolute Gasteiger partial charge is 0.255 e. The molecule has 1 saturated carbocycles. The van der Waals surface area contributed by atoms with Crippen molar-refractivity contribution >= 4 is 34.2 Å². The Morgan fingerprint density at radius 3 is 2.77 bits per heavy atom. The molecule has 2 N–H and O–H groups in total. The summed E-state index contributed by atoms with van der Waals surface area (Å²) in [6.07, 6.45) is 5.18. The number of rotatable bonds is 6. The molecule has 0 saturated heterocycles. The number of carbonyl (C=O) groups is 3. The van der Waals surface area contributed by atoms with Gasteiger partial charge in [-0.15, -0.1) is 11.3 Å². The molecule has 0 bridgehead atoms. The van der Waals surface area contributed by atoms with E-state index in [0.29, 0.717) is 16.3 Å². The first-order valence-electron chi connectivity index (χ1n) is 9.97. The summed E-state index contributed by atoms with van der Waals surface area (Å²) in [7, 11) is 0. The van der Waals surface area contributed by atoms with Crippen LogP contribution in [0.1, 0.15) is 34.8 Å². The molecule has 0 spiro atoms. The lowest BCUT2D eigenvalue weighted by molar-refractivity contribution is -0.127. The predicted molar refractivity (Wildman–Crippen MR) is 115 cm³/mol. The van der Waals surface area contributed by atoms with Crippen molar-refractivity contribution in [1.29, 1.82) is 0 Å². The Balaban J connectivity index is 1.23. The summed E-state index contributed by atoms with van der Waals surface area (Å²) in [4.78, 5) is 48.2. The number of nitrogens with one attached hydrogen (secondary N) is 2. The Hall–Kier alpha value is -3.59. The average Bonchev–Trinajstić information content (AvgIpc) is 3.45. The molecule has 3 heterocycles. The molecule has 3 amide bonds. The molecule has 156 valence electrons. The van der Waals surface area contributed by atoms with Gasteiger partial charge in [0.25, 0.3) is 5.91 Å². The van der Waals surface area contributed by atoms with Gasteiger partial charge in [-0.2, -0.15) is 0 Å². The highest BCUT2D eigenvalue weighted by molar-refractivity contribution is 7.14. The molecule has 1 aliphatic heterocycles. The molecule has 2 aliphatic rings. The number of thiazole rings is 1. The van der Waals surface area contributed by atoms with Gasteiger partial charge in [0, 0.05) is 34.9 Å². The van der Waals surface area contributed by atoms with E-state index < -0.39 is 6.04 Å². The van der Waals surface area contributed by atoms with Crippen LogP contribution >= 0.6 is 11.3 Å². The van der Waals surface area contributed by atoms with Gasteiger partial charge in [0.1, 0.15) is 6.04 Å². The van der Waals surface area contributed by atoms with Crippen molar-refractivity contribution in [3.8, 4) is 11.3 Å². The Kier molecular flexibility index (Phi) is 4.95. The number of anilines is 1. The predicted octanol–water partition coefficient (Wildman–Crippen LogP) is 2.62. The minimum atomic E-state index is -0.693. The topological polar surface area (TPSA) is 104 Å². The van der Waals surface area contributed by atoms with E-state index >= 15 is 0 Å². The molecular weight excluding hydrogens is 414 g/mol. The molecule has 31 heavy (non-hydrogen) atoms. The zero-order valence-corrected chi connectivity index (χ0v) is 17.3. The van der Waals surface area contributed by atoms with Crippen LogP contribution in [0.2, 0.25) is 0 Å². The standard InChI is InChI=1S/C22H19N5O3S/c28-18(26-22-25-17(12-31-22)13-4-3-9-23-10-13)11-24-20(29)19-15-5-1-2-6-16(15)21(30)27(19)14-7-8-14/h1-6,9-10,12,14,19H,7-8,11H2,(H,24,29)(H,25,26,28). The number of hydrogen-bond donors (Lipinski definition) is 2. The van der Waals surface area contributed by atoms with Crippen LogP contribution in [0.5, 0.6) is 0 Å². The van der Waals surface area contributed by atoms with Crippen molar-refractivity contribution in [3.05, 3.63) is 65.3 Å². The quantitative estimate of drug-likeness (QED) is 0.622. The molecule has 1 unspecified atom stereocenters. The van der Waals surface area contributed by atoms with Gasteiger partial charge < -0.3 is 15.5 Å². The van der Waals surface area contributed by atoms with Crippen LogP contribution < -0.4 is 10.6 Å². The molecule has 0 radical (unpaired) electrons. The van der Waals surface area contributed by atoms with Gasteiger partial charge >= 0.3 is 0 Å². The monoisotopic (exact) mass is 433 g/mol. The van der Waals surface area contributed by atoms with Crippen molar-refractivity contribution in [2.24, 2.45) is 0 Å². The maximum atomic E-state index is 12.9. The zero-order chi connectivity index (χ0) is 21.4. The van der Waals surface area contributed by atoms with Crippen LogP contribution in [0.15, 0.2) is 54.2 Å². The van der Waals surface area contributed by atoms with Crippen molar-refractivity contribution in [3.63, 3.8) is 0 Å². The summed E-state index contributed by atoms with van der Waals surface area (Å²) in [6, 6.07) is 10.3. The summed E-state index contributed by atoms with van der Waals surface area (Å²) in [6.45, 7) is -0.202. The van der Waals surface area contributed by atoms with E-state index in [1.807, 2.05) is 23.6 Å². The lowest BCUT2D eigenvalue weighted by Gasteiger charge is -2.24. The first-order valence-corrected chi connectivity index (χ1v) is 10.8. The van der Waals surface area contributed by atoms with Gasteiger partial charge in [-0.05, 0) is 36.6 Å². The number of hydrogen-bond acceptors (Lipinski definition) is 6. The largest absolute Gasteiger partial charge is 0.345 e. The Morgan fingerprint density at radius 2 is 2.00 bits per heavy atom. The molecule has 1 aliphatic carbocycles. The maximum absolute atomic E-state index is 12.9. The molecule has 1 fully saturated rings. The highest BCUT2D eigenvalue weighted by Gasteiger charge is 2.47. The molecule has 5 rings (SSSR count). The number of nitrogens with zero attached hydrogens (tertiary/aromatic N) is 3. The van der Waals surface area contributed by atoms with E-state index in [4.69, 9.17) is 0 Å². The van der Waals surface area contributed by atoms with E-state index in [1.54, 1.807) is 35.5 Å². The first-order chi connectivity index (χ1) is 15.1. The summed E-state index contributed by atoms with van der Waals surface area (Å²) < 4.78 is 0. The first kappa shape index (κ1) is 19.4. The Bertz CT molecular complexity index is 1160. The zero-order valence-electron chi connectivity index (χ0n) is 16.4. The van der Waals surface area contributed by atoms with Crippen LogP contribution in [0.4, 0.5) is 5.13 Å². The Morgan fingerprint density at radius 1 is 1.16 bits per heavy atom. The normalized spacial score (nSPS) is 17.4. The van der Waals surface area contributed by atoms with Crippen molar-refractivity contribution in [2.75, 3.05) is 11.9 Å². The number of pyridine rings is 1. The van der Waals surface area contributed by atoms with Gasteiger partial charge in [0.05, 0.1) is 12.2 Å². The van der Waals surface area contributed by atoms with Gasteiger partial charge in [-0.3, -0.25) is 19.4 Å². The summed E-state index contributed by atoms with van der Waals surface area (Å²) in [5, 5.41) is 7.66. The fraction of sp³-hybridized carbons (Fsp3) is 0.227. The summed E-state index contributed by atoms with van der Waals surface area (Å²) in [5.74, 6) is -0.847. The number of fused-ring (bicyclic) bond motifs is 1. The van der Waals surface area contributed by atoms with Gasteiger partial charge in [0.15, 0.2) is 5.13 Å². The average molecular weight is 433 g/mol. The number of amides is 3. The van der Waals surface area contributed by atoms with Crippen LogP contribution in [-0.4, -0.2) is 45.2 Å². The SMILES string of the molecule is O=C(CNC(=O)C1c2ccccc2C(=O)N1C1CC1)Nc1nc(-c2cccnc2)cs1. The Labute approximate surface area is 182 Å². The fourth-order valence-corrected chi connectivity index (χ4v) is 4.47. The molecule has 2 aromatic heterocycles. The van der Waals surface area contributed by atoms with E-state index in [0.717, 1.165) is 24.1 Å². The van der Waals surface area contributed by atoms with Gasteiger partial charge in [-0.25, -0.2) is 4.98 Å². The second-order valence-electron chi connectivity index (χ2n) is 7.48. The number of benzene rings is 1. The third-order valence-corrected chi connectivity index (χ3v) is 6.08. The van der Waals surface area contributed by atoms with Crippen LogP contribution in [-0.2, 0) is 9.59 Å². The van der Waals surface area contributed by atoms with E-state index in [-0.39, 0.29) is 30.3 Å². The van der Waals surface area contributed by atoms with Crippen molar-refractivity contribution in [1.82, 2.24) is 20.2 Å². The van der Waals surface area contributed by atoms with Crippen LogP contribution in [0, 0.1) is 0 Å². The molecular formula is C22H19N5O3S. The summed E-state index contributed by atoms with van der Waals surface area (Å²) in [5.41, 5.74) is 2.83. The van der Waals surface area contributed by atoms with Crippen molar-refractivity contribution in [2.45, 2.75) is 24.9 Å². The minimum absolute atomic E-state index is 0.0886. The van der Waals surface area contributed by atoms with E-state index in [9.17, 15) is 14.4 Å². The van der Waals surface area contributed by atoms with Gasteiger partial charge in [0.2, 0.25) is 11.8 Å². The second-order valence-corrected chi connectivity index (χ2v) is 8.34. The minimum Gasteiger partial charge on any atom is -0.345 e.